The molecule has 1 aromatic carbocycles. The van der Waals surface area contributed by atoms with Crippen molar-refractivity contribution in [2.24, 2.45) is 0 Å². The first-order valence-electron chi connectivity index (χ1n) is 7.92. The van der Waals surface area contributed by atoms with E-state index in [2.05, 4.69) is 4.98 Å². The number of ether oxygens (including phenoxy) is 3. The van der Waals surface area contributed by atoms with Crippen LogP contribution in [0.1, 0.15) is 24.3 Å². The lowest BCUT2D eigenvalue weighted by Gasteiger charge is -2.13. The van der Waals surface area contributed by atoms with Crippen LogP contribution in [0.3, 0.4) is 0 Å². The highest BCUT2D eigenvalue weighted by Gasteiger charge is 2.23. The number of hydrogen-bond donors (Lipinski definition) is 0. The maximum absolute atomic E-state index is 11.6. The smallest absolute Gasteiger partial charge is 0.419 e. The molecule has 1 aliphatic heterocycles. The topological polar surface area (TPSA) is 62.6 Å². The first-order chi connectivity index (χ1) is 11.8. The second-order valence-corrected chi connectivity index (χ2v) is 5.39. The van der Waals surface area contributed by atoms with Crippen molar-refractivity contribution in [1.29, 1.82) is 0 Å². The predicted octanol–water partition coefficient (Wildman–Crippen LogP) is 3.10. The van der Waals surface area contributed by atoms with Crippen molar-refractivity contribution in [2.45, 2.75) is 25.7 Å². The van der Waals surface area contributed by atoms with Gasteiger partial charge in [0, 0.05) is 6.20 Å². The van der Waals surface area contributed by atoms with E-state index in [1.54, 1.807) is 13.1 Å². The lowest BCUT2D eigenvalue weighted by molar-refractivity contribution is -0.00996. The summed E-state index contributed by atoms with van der Waals surface area (Å²) in [6, 6.07) is 10.00. The van der Waals surface area contributed by atoms with E-state index in [-0.39, 0.29) is 12.2 Å². The minimum Gasteiger partial charge on any atom is -0.449 e. The molecule has 0 N–H and O–H groups in total. The van der Waals surface area contributed by atoms with E-state index in [0.29, 0.717) is 25.5 Å². The van der Waals surface area contributed by atoms with Gasteiger partial charge in [-0.05, 0) is 12.5 Å². The molecule has 0 aliphatic carbocycles. The van der Waals surface area contributed by atoms with Crippen LogP contribution < -0.4 is 0 Å². The van der Waals surface area contributed by atoms with Gasteiger partial charge in [0.2, 0.25) is 0 Å². The minimum absolute atomic E-state index is 0.119. The third-order valence-corrected chi connectivity index (χ3v) is 3.59. The summed E-state index contributed by atoms with van der Waals surface area (Å²) in [5, 5.41) is 0. The van der Waals surface area contributed by atoms with Crippen LogP contribution in [0.25, 0.3) is 0 Å². The van der Waals surface area contributed by atoms with E-state index < -0.39 is 6.09 Å². The van der Waals surface area contributed by atoms with Crippen LogP contribution in [-0.2, 0) is 20.8 Å². The van der Waals surface area contributed by atoms with Crippen molar-refractivity contribution >= 4 is 6.09 Å². The summed E-state index contributed by atoms with van der Waals surface area (Å²) in [4.78, 5) is 15.8. The van der Waals surface area contributed by atoms with E-state index in [4.69, 9.17) is 14.2 Å². The van der Waals surface area contributed by atoms with E-state index in [1.165, 1.54) is 10.9 Å². The summed E-state index contributed by atoms with van der Waals surface area (Å²) in [6.07, 6.45) is 6.11. The quantitative estimate of drug-likeness (QED) is 0.763. The summed E-state index contributed by atoms with van der Waals surface area (Å²) >= 11 is 0. The van der Waals surface area contributed by atoms with Crippen molar-refractivity contribution < 1.29 is 19.0 Å². The van der Waals surface area contributed by atoms with Crippen molar-refractivity contribution in [1.82, 2.24) is 9.55 Å². The highest BCUT2D eigenvalue weighted by atomic mass is 16.6. The third-order valence-electron chi connectivity index (χ3n) is 3.59. The molecule has 0 unspecified atom stereocenters. The normalized spacial score (nSPS) is 19.5. The number of benzene rings is 1. The van der Waals surface area contributed by atoms with Crippen LogP contribution >= 0.6 is 0 Å². The molecule has 0 amide bonds. The van der Waals surface area contributed by atoms with Gasteiger partial charge in [-0.25, -0.2) is 14.3 Å². The van der Waals surface area contributed by atoms with Crippen LogP contribution in [0.4, 0.5) is 4.79 Å². The standard InChI is InChI=1S/C18H20N2O4/c1-2-23-18(21)20-10-16(19-13-20)17-9-8-15(24-17)12-22-11-14-6-4-3-5-7-14/h3-10,13,15,17H,2,11-12H2,1H3/t15-,17+/m1/s1. The number of carbonyl (C=O) groups is 1. The Balaban J connectivity index is 1.47. The molecule has 2 aromatic rings. The molecule has 1 aliphatic rings. The molecule has 126 valence electrons. The number of aromatic nitrogens is 2. The maximum atomic E-state index is 11.6. The van der Waals surface area contributed by atoms with Gasteiger partial charge >= 0.3 is 6.09 Å². The van der Waals surface area contributed by atoms with Crippen molar-refractivity contribution in [3.05, 3.63) is 66.3 Å². The van der Waals surface area contributed by atoms with Gasteiger partial charge in [-0.3, -0.25) is 0 Å². The molecule has 6 nitrogen and oxygen atoms in total. The molecule has 0 saturated heterocycles. The lowest BCUT2D eigenvalue weighted by Crippen LogP contribution is -2.15. The Labute approximate surface area is 140 Å². The number of rotatable bonds is 6. The lowest BCUT2D eigenvalue weighted by atomic mass is 10.2. The first-order valence-corrected chi connectivity index (χ1v) is 7.92. The molecule has 0 fully saturated rings. The SMILES string of the molecule is CCOC(=O)n1cnc([C@@H]2C=C[C@H](COCc3ccccc3)O2)c1. The molecule has 3 rings (SSSR count). The Morgan fingerprint density at radius 3 is 2.92 bits per heavy atom. The van der Waals surface area contributed by atoms with Gasteiger partial charge in [0.15, 0.2) is 0 Å². The monoisotopic (exact) mass is 328 g/mol. The molecule has 2 atom stereocenters. The highest BCUT2D eigenvalue weighted by molar-refractivity contribution is 5.70. The number of nitrogens with zero attached hydrogens (tertiary/aromatic N) is 2. The molecule has 2 heterocycles. The highest BCUT2D eigenvalue weighted by Crippen LogP contribution is 2.25. The molecule has 0 bridgehead atoms. The van der Waals surface area contributed by atoms with Gasteiger partial charge < -0.3 is 14.2 Å². The van der Waals surface area contributed by atoms with Gasteiger partial charge in [-0.15, -0.1) is 0 Å². The Kier molecular flexibility index (Phi) is 5.40. The van der Waals surface area contributed by atoms with Crippen LogP contribution in [0.2, 0.25) is 0 Å². The summed E-state index contributed by atoms with van der Waals surface area (Å²) in [5.74, 6) is 0. The molecule has 24 heavy (non-hydrogen) atoms. The molecule has 0 radical (unpaired) electrons. The van der Waals surface area contributed by atoms with Gasteiger partial charge in [0.1, 0.15) is 18.5 Å². The summed E-state index contributed by atoms with van der Waals surface area (Å²) < 4.78 is 17.8. The van der Waals surface area contributed by atoms with Crippen LogP contribution in [0.5, 0.6) is 0 Å². The van der Waals surface area contributed by atoms with Crippen LogP contribution in [0.15, 0.2) is 55.0 Å². The zero-order chi connectivity index (χ0) is 16.8. The Morgan fingerprint density at radius 2 is 2.12 bits per heavy atom. The fourth-order valence-corrected chi connectivity index (χ4v) is 2.42. The fraction of sp³-hybridized carbons (Fsp3) is 0.333. The van der Waals surface area contributed by atoms with Crippen molar-refractivity contribution in [2.75, 3.05) is 13.2 Å². The molecule has 6 heteroatoms. The fourth-order valence-electron chi connectivity index (χ4n) is 2.42. The average Bonchev–Trinajstić information content (AvgIpc) is 3.25. The van der Waals surface area contributed by atoms with E-state index in [0.717, 1.165) is 5.56 Å². The Morgan fingerprint density at radius 1 is 1.29 bits per heavy atom. The molecule has 1 aromatic heterocycles. The first kappa shape index (κ1) is 16.4. The Hall–Kier alpha value is -2.44. The average molecular weight is 328 g/mol. The number of carbonyl (C=O) groups excluding carboxylic acids is 1. The largest absolute Gasteiger partial charge is 0.449 e. The minimum atomic E-state index is -0.444. The Bertz CT molecular complexity index is 696. The van der Waals surface area contributed by atoms with Gasteiger partial charge in [-0.1, -0.05) is 42.5 Å². The second-order valence-electron chi connectivity index (χ2n) is 5.39. The summed E-state index contributed by atoms with van der Waals surface area (Å²) in [5.41, 5.74) is 1.80. The number of hydrogen-bond acceptors (Lipinski definition) is 5. The van der Waals surface area contributed by atoms with Crippen molar-refractivity contribution in [3.8, 4) is 0 Å². The molecular weight excluding hydrogens is 308 g/mol. The summed E-state index contributed by atoms with van der Waals surface area (Å²) in [7, 11) is 0. The number of imidazole rings is 1. The maximum Gasteiger partial charge on any atom is 0.419 e. The van der Waals surface area contributed by atoms with Crippen LogP contribution in [0, 0.1) is 0 Å². The van der Waals surface area contributed by atoms with E-state index >= 15 is 0 Å². The van der Waals surface area contributed by atoms with Gasteiger partial charge in [0.05, 0.1) is 25.5 Å². The third kappa shape index (κ3) is 4.10. The molecular formula is C18H20N2O4. The van der Waals surface area contributed by atoms with E-state index in [9.17, 15) is 4.79 Å². The van der Waals surface area contributed by atoms with Gasteiger partial charge in [0.25, 0.3) is 0 Å². The van der Waals surface area contributed by atoms with E-state index in [1.807, 2.05) is 42.5 Å². The van der Waals surface area contributed by atoms with Crippen molar-refractivity contribution in [3.63, 3.8) is 0 Å². The predicted molar refractivity (Wildman–Crippen MR) is 87.5 cm³/mol. The zero-order valence-electron chi connectivity index (χ0n) is 13.5. The zero-order valence-corrected chi connectivity index (χ0v) is 13.5. The molecule has 0 spiro atoms. The molecule has 0 saturated carbocycles. The van der Waals surface area contributed by atoms with Crippen LogP contribution in [-0.4, -0.2) is 35.0 Å². The second kappa shape index (κ2) is 7.90. The van der Waals surface area contributed by atoms with Gasteiger partial charge in [-0.2, -0.15) is 0 Å². The summed E-state index contributed by atoms with van der Waals surface area (Å²) in [6.45, 7) is 3.11.